The summed E-state index contributed by atoms with van der Waals surface area (Å²) in [7, 11) is 0. The van der Waals surface area contributed by atoms with E-state index in [1.54, 1.807) is 43.6 Å². The molecule has 0 saturated carbocycles. The fourth-order valence-electron chi connectivity index (χ4n) is 3.67. The molecule has 3 aromatic heterocycles. The highest BCUT2D eigenvalue weighted by Gasteiger charge is 2.31. The zero-order valence-electron chi connectivity index (χ0n) is 20.1. The minimum Gasteiger partial charge on any atom is -0.342 e. The topological polar surface area (TPSA) is 108 Å². The molecular weight excluding hydrogens is 515 g/mol. The number of alkyl halides is 3. The van der Waals surface area contributed by atoms with E-state index in [0.29, 0.717) is 23.0 Å². The molecule has 0 saturated heterocycles. The molecule has 0 aliphatic rings. The summed E-state index contributed by atoms with van der Waals surface area (Å²) in [6, 6.07) is 9.97. The lowest BCUT2D eigenvalue weighted by Gasteiger charge is -2.14. The average molecular weight is 536 g/mol. The van der Waals surface area contributed by atoms with Crippen LogP contribution in [0.1, 0.15) is 27.2 Å². The van der Waals surface area contributed by atoms with Crippen LogP contribution in [0, 0.1) is 13.8 Å². The Morgan fingerprint density at radius 1 is 1.00 bits per heavy atom. The molecule has 8 nitrogen and oxygen atoms in total. The number of thiazole rings is 1. The zero-order valence-corrected chi connectivity index (χ0v) is 20.9. The van der Waals surface area contributed by atoms with Crippen LogP contribution in [-0.2, 0) is 6.18 Å². The number of nitrogens with zero attached hydrogens (tertiary/aromatic N) is 4. The third-order valence-electron chi connectivity index (χ3n) is 5.55. The van der Waals surface area contributed by atoms with E-state index >= 15 is 0 Å². The van der Waals surface area contributed by atoms with Gasteiger partial charge in [-0.1, -0.05) is 6.07 Å². The molecule has 0 unspecified atom stereocenters. The zero-order chi connectivity index (χ0) is 26.9. The Kier molecular flexibility index (Phi) is 6.64. The first-order chi connectivity index (χ1) is 18.2. The van der Waals surface area contributed by atoms with E-state index in [4.69, 9.17) is 0 Å². The molecule has 0 fully saturated rings. The molecular formula is C26H20F3N7OS. The summed E-state index contributed by atoms with van der Waals surface area (Å²) in [5.41, 5.74) is 2.27. The second-order valence-corrected chi connectivity index (χ2v) is 9.32. The summed E-state index contributed by atoms with van der Waals surface area (Å²) in [6.07, 6.45) is 0.199. The summed E-state index contributed by atoms with van der Waals surface area (Å²) >= 11 is 1.45. The third kappa shape index (κ3) is 5.54. The van der Waals surface area contributed by atoms with Gasteiger partial charge in [0.15, 0.2) is 0 Å². The molecule has 5 aromatic rings. The van der Waals surface area contributed by atoms with Gasteiger partial charge in [0.1, 0.15) is 16.5 Å². The number of benzene rings is 2. The molecule has 12 heteroatoms. The van der Waals surface area contributed by atoms with E-state index in [1.165, 1.54) is 23.6 Å². The Labute approximate surface area is 219 Å². The molecule has 5 rings (SSSR count). The Morgan fingerprint density at radius 3 is 2.55 bits per heavy atom. The number of rotatable bonds is 6. The molecule has 0 radical (unpaired) electrons. The number of aryl methyl sites for hydroxylation is 2. The van der Waals surface area contributed by atoms with Gasteiger partial charge in [-0.25, -0.2) is 19.9 Å². The van der Waals surface area contributed by atoms with Crippen LogP contribution < -0.4 is 10.6 Å². The van der Waals surface area contributed by atoms with Crippen LogP contribution in [-0.4, -0.2) is 30.8 Å². The number of imidazole rings is 1. The van der Waals surface area contributed by atoms with Gasteiger partial charge in [0, 0.05) is 52.2 Å². The predicted octanol–water partition coefficient (Wildman–Crippen LogP) is 6.62. The summed E-state index contributed by atoms with van der Waals surface area (Å²) in [5, 5.41) is 8.28. The van der Waals surface area contributed by atoms with Gasteiger partial charge < -0.3 is 15.6 Å². The van der Waals surface area contributed by atoms with E-state index in [2.05, 4.69) is 35.6 Å². The van der Waals surface area contributed by atoms with Crippen molar-refractivity contribution in [1.29, 1.82) is 0 Å². The molecule has 1 amide bonds. The highest BCUT2D eigenvalue weighted by atomic mass is 32.1. The van der Waals surface area contributed by atoms with Gasteiger partial charge in [0.25, 0.3) is 5.91 Å². The first kappa shape index (κ1) is 25.1. The standard InChI is InChI=1S/C26H20F3N7OS/c1-14-3-4-16(11-21(14)36-25-31-6-5-20(35-25)24-30-7-8-38-24)23(37)34-19-10-17(22-32-13-15(2)33-22)9-18(12-19)26(27,28)29/h3-13H,1-2H3,(H,32,33)(H,34,37)(H,31,35,36). The fraction of sp³-hybridized carbons (Fsp3) is 0.115. The molecule has 0 atom stereocenters. The van der Waals surface area contributed by atoms with Crippen LogP contribution in [0.5, 0.6) is 0 Å². The maximum atomic E-state index is 13.6. The summed E-state index contributed by atoms with van der Waals surface area (Å²) < 4.78 is 40.8. The number of aromatic nitrogens is 5. The molecule has 192 valence electrons. The van der Waals surface area contributed by atoms with Gasteiger partial charge in [-0.05, 0) is 55.8 Å². The predicted molar refractivity (Wildman–Crippen MR) is 139 cm³/mol. The van der Waals surface area contributed by atoms with Crippen molar-refractivity contribution in [3.05, 3.63) is 88.8 Å². The Hall–Kier alpha value is -4.58. The number of anilines is 3. The maximum Gasteiger partial charge on any atom is 0.416 e. The van der Waals surface area contributed by atoms with Crippen molar-refractivity contribution in [2.24, 2.45) is 0 Å². The first-order valence-electron chi connectivity index (χ1n) is 11.3. The van der Waals surface area contributed by atoms with Crippen LogP contribution in [0.15, 0.2) is 66.4 Å². The third-order valence-corrected chi connectivity index (χ3v) is 6.34. The van der Waals surface area contributed by atoms with Crippen molar-refractivity contribution in [3.8, 4) is 22.1 Å². The van der Waals surface area contributed by atoms with Gasteiger partial charge >= 0.3 is 6.18 Å². The van der Waals surface area contributed by atoms with Crippen LogP contribution in [0.25, 0.3) is 22.1 Å². The summed E-state index contributed by atoms with van der Waals surface area (Å²) in [5.74, 6) is 0.00641. The molecule has 38 heavy (non-hydrogen) atoms. The van der Waals surface area contributed by atoms with Gasteiger partial charge in [-0.3, -0.25) is 4.79 Å². The number of carbonyl (C=O) groups is 1. The molecule has 0 spiro atoms. The van der Waals surface area contributed by atoms with Crippen molar-refractivity contribution >= 4 is 34.6 Å². The second kappa shape index (κ2) is 10.1. The number of amides is 1. The Bertz CT molecular complexity index is 1610. The van der Waals surface area contributed by atoms with Crippen LogP contribution in [0.3, 0.4) is 0 Å². The molecule has 3 N–H and O–H groups in total. The van der Waals surface area contributed by atoms with Crippen molar-refractivity contribution in [2.75, 3.05) is 10.6 Å². The van der Waals surface area contributed by atoms with Crippen molar-refractivity contribution in [1.82, 2.24) is 24.9 Å². The summed E-state index contributed by atoms with van der Waals surface area (Å²) in [4.78, 5) is 33.1. The minimum atomic E-state index is -4.61. The number of aromatic amines is 1. The molecule has 3 heterocycles. The lowest BCUT2D eigenvalue weighted by atomic mass is 10.1. The molecule has 0 aliphatic carbocycles. The number of hydrogen-bond acceptors (Lipinski definition) is 7. The lowest BCUT2D eigenvalue weighted by molar-refractivity contribution is -0.137. The number of hydrogen-bond donors (Lipinski definition) is 3. The van der Waals surface area contributed by atoms with Gasteiger partial charge in [-0.15, -0.1) is 11.3 Å². The van der Waals surface area contributed by atoms with Crippen LogP contribution >= 0.6 is 11.3 Å². The lowest BCUT2D eigenvalue weighted by Crippen LogP contribution is -2.14. The number of nitrogens with one attached hydrogen (secondary N) is 3. The van der Waals surface area contributed by atoms with E-state index in [9.17, 15) is 18.0 Å². The van der Waals surface area contributed by atoms with E-state index in [0.717, 1.165) is 22.7 Å². The average Bonchev–Trinajstić information content (AvgIpc) is 3.57. The van der Waals surface area contributed by atoms with Crippen LogP contribution in [0.4, 0.5) is 30.5 Å². The quantitative estimate of drug-likeness (QED) is 0.225. The first-order valence-corrected chi connectivity index (χ1v) is 12.2. The van der Waals surface area contributed by atoms with E-state index < -0.39 is 17.6 Å². The highest BCUT2D eigenvalue weighted by Crippen LogP contribution is 2.34. The Balaban J connectivity index is 1.41. The maximum absolute atomic E-state index is 13.6. The van der Waals surface area contributed by atoms with Crippen LogP contribution in [0.2, 0.25) is 0 Å². The smallest absolute Gasteiger partial charge is 0.342 e. The normalized spacial score (nSPS) is 11.4. The van der Waals surface area contributed by atoms with E-state index in [1.807, 2.05) is 12.3 Å². The fourth-order valence-corrected chi connectivity index (χ4v) is 4.28. The number of H-pyrrole nitrogens is 1. The van der Waals surface area contributed by atoms with Crippen molar-refractivity contribution in [2.45, 2.75) is 20.0 Å². The number of carbonyl (C=O) groups excluding carboxylic acids is 1. The highest BCUT2D eigenvalue weighted by molar-refractivity contribution is 7.13. The van der Waals surface area contributed by atoms with E-state index in [-0.39, 0.29) is 22.6 Å². The van der Waals surface area contributed by atoms with Crippen molar-refractivity contribution in [3.63, 3.8) is 0 Å². The number of halogens is 3. The van der Waals surface area contributed by atoms with Crippen molar-refractivity contribution < 1.29 is 18.0 Å². The Morgan fingerprint density at radius 2 is 1.84 bits per heavy atom. The minimum absolute atomic E-state index is 0.0107. The molecule has 0 aliphatic heterocycles. The van der Waals surface area contributed by atoms with Gasteiger partial charge in [-0.2, -0.15) is 13.2 Å². The van der Waals surface area contributed by atoms with Gasteiger partial charge in [0.2, 0.25) is 5.95 Å². The second-order valence-electron chi connectivity index (χ2n) is 8.42. The molecule has 2 aromatic carbocycles. The largest absolute Gasteiger partial charge is 0.416 e. The molecule has 0 bridgehead atoms. The summed E-state index contributed by atoms with van der Waals surface area (Å²) in [6.45, 7) is 3.59. The van der Waals surface area contributed by atoms with Gasteiger partial charge in [0.05, 0.1) is 5.56 Å². The SMILES string of the molecule is Cc1cnc(-c2cc(NC(=O)c3ccc(C)c(Nc4nccc(-c5nccs5)n4)c3)cc(C(F)(F)F)c2)[nH]1. The monoisotopic (exact) mass is 535 g/mol.